The topological polar surface area (TPSA) is 82.5 Å². The molecule has 3 aromatic rings. The molecule has 18 heavy (non-hydrogen) atoms. The average molecular weight is 244 g/mol. The van der Waals surface area contributed by atoms with Crippen molar-refractivity contribution in [2.45, 2.75) is 6.54 Å². The van der Waals surface area contributed by atoms with Gasteiger partial charge in [0.05, 0.1) is 23.1 Å². The molecule has 0 fully saturated rings. The van der Waals surface area contributed by atoms with Crippen LogP contribution in [0.25, 0.3) is 16.6 Å². The number of halogens is 1. The molecule has 1 aromatic carbocycles. The van der Waals surface area contributed by atoms with Crippen LogP contribution in [0.4, 0.5) is 4.39 Å². The van der Waals surface area contributed by atoms with E-state index in [4.69, 9.17) is 5.73 Å². The molecule has 0 atom stereocenters. The second-order valence-electron chi connectivity index (χ2n) is 3.68. The Hall–Kier alpha value is -2.41. The van der Waals surface area contributed by atoms with E-state index in [2.05, 4.69) is 20.1 Å². The van der Waals surface area contributed by atoms with E-state index in [-0.39, 0.29) is 6.54 Å². The summed E-state index contributed by atoms with van der Waals surface area (Å²) in [6.45, 7) is 0.226. The number of rotatable bonds is 2. The second kappa shape index (κ2) is 4.11. The second-order valence-corrected chi connectivity index (χ2v) is 3.68. The third-order valence-electron chi connectivity index (χ3n) is 2.61. The van der Waals surface area contributed by atoms with E-state index in [0.717, 1.165) is 0 Å². The zero-order chi connectivity index (χ0) is 12.5. The maximum absolute atomic E-state index is 13.9. The zero-order valence-corrected chi connectivity index (χ0v) is 9.29. The van der Waals surface area contributed by atoms with Crippen LogP contribution in [0.2, 0.25) is 0 Å². The van der Waals surface area contributed by atoms with E-state index in [0.29, 0.717) is 22.4 Å². The summed E-state index contributed by atoms with van der Waals surface area (Å²) in [7, 11) is 0. The van der Waals surface area contributed by atoms with Gasteiger partial charge in [-0.1, -0.05) is 0 Å². The molecule has 7 heteroatoms. The lowest BCUT2D eigenvalue weighted by molar-refractivity contribution is 0.635. The Morgan fingerprint density at radius 2 is 2.11 bits per heavy atom. The summed E-state index contributed by atoms with van der Waals surface area (Å²) in [4.78, 5) is 11.8. The Balaban J connectivity index is 2.25. The summed E-state index contributed by atoms with van der Waals surface area (Å²) >= 11 is 0. The van der Waals surface area contributed by atoms with Gasteiger partial charge in [-0.25, -0.2) is 24.0 Å². The van der Waals surface area contributed by atoms with Crippen LogP contribution in [-0.4, -0.2) is 24.7 Å². The Bertz CT molecular complexity index is 708. The van der Waals surface area contributed by atoms with Gasteiger partial charge < -0.3 is 5.73 Å². The number of nitrogens with zero attached hydrogens (tertiary/aromatic N) is 5. The van der Waals surface area contributed by atoms with Gasteiger partial charge in [-0.2, -0.15) is 5.10 Å². The van der Waals surface area contributed by atoms with Gasteiger partial charge in [0, 0.05) is 12.3 Å². The predicted molar refractivity (Wildman–Crippen MR) is 62.3 cm³/mol. The molecule has 0 unspecified atom stereocenters. The molecule has 0 saturated carbocycles. The molecule has 0 aliphatic rings. The molecule has 3 rings (SSSR count). The van der Waals surface area contributed by atoms with Crippen molar-refractivity contribution in [3.63, 3.8) is 0 Å². The zero-order valence-electron chi connectivity index (χ0n) is 9.29. The highest BCUT2D eigenvalue weighted by Crippen LogP contribution is 2.19. The van der Waals surface area contributed by atoms with Gasteiger partial charge in [0.1, 0.15) is 24.3 Å². The van der Waals surface area contributed by atoms with Crippen molar-refractivity contribution in [2.75, 3.05) is 0 Å². The molecular formula is C11H9FN6. The first-order valence-electron chi connectivity index (χ1n) is 5.28. The number of benzene rings is 1. The first kappa shape index (κ1) is 10.7. The molecule has 0 bridgehead atoms. The van der Waals surface area contributed by atoms with Gasteiger partial charge in [0.25, 0.3) is 0 Å². The fourth-order valence-corrected chi connectivity index (χ4v) is 1.77. The number of fused-ring (bicyclic) bond motifs is 1. The van der Waals surface area contributed by atoms with E-state index in [1.54, 1.807) is 6.07 Å². The fraction of sp³-hybridized carbons (Fsp3) is 0.0909. The van der Waals surface area contributed by atoms with Gasteiger partial charge in [0.2, 0.25) is 0 Å². The molecule has 6 nitrogen and oxygen atoms in total. The van der Waals surface area contributed by atoms with Crippen LogP contribution >= 0.6 is 0 Å². The van der Waals surface area contributed by atoms with Gasteiger partial charge in [-0.15, -0.1) is 0 Å². The Morgan fingerprint density at radius 3 is 2.94 bits per heavy atom. The van der Waals surface area contributed by atoms with E-state index in [1.165, 1.54) is 29.6 Å². The smallest absolute Gasteiger partial charge is 0.145 e. The number of hydrogen-bond donors (Lipinski definition) is 1. The maximum atomic E-state index is 13.9. The highest BCUT2D eigenvalue weighted by Gasteiger charge is 2.09. The molecule has 2 aromatic heterocycles. The number of hydrogen-bond acceptors (Lipinski definition) is 5. The minimum Gasteiger partial charge on any atom is -0.324 e. The first-order chi connectivity index (χ1) is 8.79. The van der Waals surface area contributed by atoms with Crippen molar-refractivity contribution in [3.05, 3.63) is 42.6 Å². The maximum Gasteiger partial charge on any atom is 0.145 e. The summed E-state index contributed by atoms with van der Waals surface area (Å²) in [5.41, 5.74) is 6.59. The third kappa shape index (κ3) is 1.61. The molecule has 0 aliphatic heterocycles. The SMILES string of the molecule is NCc1ncnn1-c1cc(F)c2cncnc2c1. The minimum absolute atomic E-state index is 0.226. The van der Waals surface area contributed by atoms with E-state index >= 15 is 0 Å². The molecule has 2 N–H and O–H groups in total. The van der Waals surface area contributed by atoms with E-state index in [1.807, 2.05) is 0 Å². The van der Waals surface area contributed by atoms with Gasteiger partial charge in [0.15, 0.2) is 0 Å². The van der Waals surface area contributed by atoms with Crippen LogP contribution < -0.4 is 5.73 Å². The predicted octanol–water partition coefficient (Wildman–Crippen LogP) is 0.808. The van der Waals surface area contributed by atoms with Gasteiger partial charge >= 0.3 is 0 Å². The summed E-state index contributed by atoms with van der Waals surface area (Å²) in [5.74, 6) is 0.157. The molecular weight excluding hydrogens is 235 g/mol. The summed E-state index contributed by atoms with van der Waals surface area (Å²) in [6.07, 6.45) is 4.19. The van der Waals surface area contributed by atoms with Crippen LogP contribution in [0.1, 0.15) is 5.82 Å². The standard InChI is InChI=1S/C11H9FN6/c12-9-1-7(18-11(3-13)16-6-17-18)2-10-8(9)4-14-5-15-10/h1-2,4-6H,3,13H2. The van der Waals surface area contributed by atoms with Crippen molar-refractivity contribution >= 4 is 10.9 Å². The van der Waals surface area contributed by atoms with Crippen molar-refractivity contribution in [2.24, 2.45) is 5.73 Å². The normalized spacial score (nSPS) is 11.0. The molecule has 0 saturated heterocycles. The highest BCUT2D eigenvalue weighted by atomic mass is 19.1. The summed E-state index contributed by atoms with van der Waals surface area (Å²) in [6, 6.07) is 3.08. The largest absolute Gasteiger partial charge is 0.324 e. The average Bonchev–Trinajstić information content (AvgIpc) is 2.87. The summed E-state index contributed by atoms with van der Waals surface area (Å²) in [5, 5.41) is 4.39. The quantitative estimate of drug-likeness (QED) is 0.721. The first-order valence-corrected chi connectivity index (χ1v) is 5.28. The molecule has 0 aliphatic carbocycles. The van der Waals surface area contributed by atoms with Crippen LogP contribution in [-0.2, 0) is 6.54 Å². The van der Waals surface area contributed by atoms with Crippen LogP contribution in [0.15, 0.2) is 31.0 Å². The number of aromatic nitrogens is 5. The lowest BCUT2D eigenvalue weighted by atomic mass is 10.2. The highest BCUT2D eigenvalue weighted by molar-refractivity contribution is 5.80. The van der Waals surface area contributed by atoms with E-state index < -0.39 is 5.82 Å². The van der Waals surface area contributed by atoms with Gasteiger partial charge in [-0.3, -0.25) is 0 Å². The summed E-state index contributed by atoms with van der Waals surface area (Å²) < 4.78 is 15.4. The van der Waals surface area contributed by atoms with Crippen LogP contribution in [0.5, 0.6) is 0 Å². The van der Waals surface area contributed by atoms with Crippen molar-refractivity contribution in [1.29, 1.82) is 0 Å². The molecule has 2 heterocycles. The Labute approximate surface area is 101 Å². The molecule has 0 radical (unpaired) electrons. The van der Waals surface area contributed by atoms with Crippen molar-refractivity contribution in [1.82, 2.24) is 24.7 Å². The molecule has 90 valence electrons. The van der Waals surface area contributed by atoms with E-state index in [9.17, 15) is 4.39 Å². The molecule has 0 spiro atoms. The van der Waals surface area contributed by atoms with Crippen molar-refractivity contribution in [3.8, 4) is 5.69 Å². The Kier molecular flexibility index (Phi) is 2.45. The fourth-order valence-electron chi connectivity index (χ4n) is 1.77. The third-order valence-corrected chi connectivity index (χ3v) is 2.61. The minimum atomic E-state index is -0.401. The van der Waals surface area contributed by atoms with Gasteiger partial charge in [-0.05, 0) is 6.07 Å². The lowest BCUT2D eigenvalue weighted by Gasteiger charge is -2.06. The van der Waals surface area contributed by atoms with Crippen LogP contribution in [0, 0.1) is 5.82 Å². The van der Waals surface area contributed by atoms with Crippen molar-refractivity contribution < 1.29 is 4.39 Å². The number of nitrogens with two attached hydrogens (primary N) is 1. The van der Waals surface area contributed by atoms with Crippen LogP contribution in [0.3, 0.4) is 0 Å². The lowest BCUT2D eigenvalue weighted by Crippen LogP contribution is -2.08. The Morgan fingerprint density at radius 1 is 1.22 bits per heavy atom. The molecule has 0 amide bonds. The monoisotopic (exact) mass is 244 g/mol.